The Labute approximate surface area is 86.4 Å². The summed E-state index contributed by atoms with van der Waals surface area (Å²) < 4.78 is 22.4. The van der Waals surface area contributed by atoms with Crippen molar-refractivity contribution < 1.29 is 8.42 Å². The van der Waals surface area contributed by atoms with Gasteiger partial charge in [-0.2, -0.15) is 0 Å². The van der Waals surface area contributed by atoms with E-state index in [-0.39, 0.29) is 11.8 Å². The number of rotatable bonds is 5. The molecule has 1 rings (SSSR count). The van der Waals surface area contributed by atoms with Gasteiger partial charge in [0.1, 0.15) is 9.84 Å². The molecule has 0 spiro atoms. The molecule has 1 aliphatic rings. The SMILES string of the molecule is CCS(=O)(=O)CCCN1CCC(N)C1. The molecular formula is C9H20N2O2S. The van der Waals surface area contributed by atoms with E-state index in [4.69, 9.17) is 5.73 Å². The van der Waals surface area contributed by atoms with Crippen molar-refractivity contribution in [2.75, 3.05) is 31.1 Å². The Kier molecular flexibility index (Phi) is 4.34. The fourth-order valence-corrected chi connectivity index (χ4v) is 2.58. The van der Waals surface area contributed by atoms with Crippen molar-refractivity contribution in [2.24, 2.45) is 5.73 Å². The first-order valence-electron chi connectivity index (χ1n) is 5.22. The Morgan fingerprint density at radius 2 is 2.21 bits per heavy atom. The fraction of sp³-hybridized carbons (Fsp3) is 1.00. The van der Waals surface area contributed by atoms with Crippen LogP contribution in [0.4, 0.5) is 0 Å². The Bertz CT molecular complexity index is 264. The second-order valence-electron chi connectivity index (χ2n) is 3.94. The van der Waals surface area contributed by atoms with E-state index in [2.05, 4.69) is 4.90 Å². The lowest BCUT2D eigenvalue weighted by Gasteiger charge is -2.14. The zero-order valence-electron chi connectivity index (χ0n) is 8.78. The van der Waals surface area contributed by atoms with Gasteiger partial charge in [0.05, 0.1) is 5.75 Å². The predicted molar refractivity (Wildman–Crippen MR) is 58.0 cm³/mol. The summed E-state index contributed by atoms with van der Waals surface area (Å²) in [4.78, 5) is 2.25. The molecule has 0 aliphatic carbocycles. The zero-order valence-corrected chi connectivity index (χ0v) is 9.59. The van der Waals surface area contributed by atoms with E-state index in [1.165, 1.54) is 0 Å². The second kappa shape index (κ2) is 5.09. The van der Waals surface area contributed by atoms with Gasteiger partial charge < -0.3 is 10.6 Å². The molecule has 0 bridgehead atoms. The number of nitrogens with zero attached hydrogens (tertiary/aromatic N) is 1. The third kappa shape index (κ3) is 3.94. The van der Waals surface area contributed by atoms with Gasteiger partial charge in [-0.15, -0.1) is 0 Å². The molecule has 2 N–H and O–H groups in total. The molecule has 1 unspecified atom stereocenters. The summed E-state index contributed by atoms with van der Waals surface area (Å²) in [6.45, 7) is 4.51. The largest absolute Gasteiger partial charge is 0.326 e. The Hall–Kier alpha value is -0.130. The van der Waals surface area contributed by atoms with Crippen LogP contribution >= 0.6 is 0 Å². The lowest BCUT2D eigenvalue weighted by atomic mass is 10.3. The topological polar surface area (TPSA) is 63.4 Å². The Morgan fingerprint density at radius 1 is 1.50 bits per heavy atom. The van der Waals surface area contributed by atoms with Crippen LogP contribution in [0.25, 0.3) is 0 Å². The molecule has 1 heterocycles. The highest BCUT2D eigenvalue weighted by Crippen LogP contribution is 2.07. The number of hydrogen-bond donors (Lipinski definition) is 1. The van der Waals surface area contributed by atoms with E-state index >= 15 is 0 Å². The van der Waals surface area contributed by atoms with Gasteiger partial charge in [-0.05, 0) is 25.9 Å². The fourth-order valence-electron chi connectivity index (χ4n) is 1.72. The highest BCUT2D eigenvalue weighted by Gasteiger charge is 2.18. The average Bonchev–Trinajstić information content (AvgIpc) is 2.51. The van der Waals surface area contributed by atoms with Crippen LogP contribution in [0.2, 0.25) is 0 Å². The van der Waals surface area contributed by atoms with Gasteiger partial charge in [0.25, 0.3) is 0 Å². The normalized spacial score (nSPS) is 24.3. The maximum atomic E-state index is 11.2. The van der Waals surface area contributed by atoms with E-state index in [0.717, 1.165) is 32.5 Å². The van der Waals surface area contributed by atoms with E-state index in [1.54, 1.807) is 6.92 Å². The summed E-state index contributed by atoms with van der Waals surface area (Å²) in [5.41, 5.74) is 5.75. The minimum atomic E-state index is -2.78. The van der Waals surface area contributed by atoms with E-state index in [1.807, 2.05) is 0 Å². The minimum Gasteiger partial charge on any atom is -0.326 e. The first-order valence-corrected chi connectivity index (χ1v) is 7.04. The molecule has 0 amide bonds. The first kappa shape index (κ1) is 11.9. The van der Waals surface area contributed by atoms with Crippen molar-refractivity contribution >= 4 is 9.84 Å². The first-order chi connectivity index (χ1) is 6.53. The summed E-state index contributed by atoms with van der Waals surface area (Å²) in [6, 6.07) is 0.290. The molecule has 4 nitrogen and oxygen atoms in total. The smallest absolute Gasteiger partial charge is 0.150 e. The minimum absolute atomic E-state index is 0.256. The molecule has 5 heteroatoms. The molecule has 0 aromatic carbocycles. The average molecular weight is 220 g/mol. The zero-order chi connectivity index (χ0) is 10.6. The molecule has 0 radical (unpaired) electrons. The highest BCUT2D eigenvalue weighted by atomic mass is 32.2. The molecule has 1 saturated heterocycles. The van der Waals surface area contributed by atoms with Crippen molar-refractivity contribution in [1.82, 2.24) is 4.90 Å². The third-order valence-electron chi connectivity index (χ3n) is 2.68. The van der Waals surface area contributed by atoms with Gasteiger partial charge in [0.15, 0.2) is 0 Å². The van der Waals surface area contributed by atoms with Crippen LogP contribution in [0.5, 0.6) is 0 Å². The lowest BCUT2D eigenvalue weighted by Crippen LogP contribution is -2.28. The van der Waals surface area contributed by atoms with Crippen molar-refractivity contribution in [2.45, 2.75) is 25.8 Å². The predicted octanol–water partition coefficient (Wildman–Crippen LogP) is -0.156. The van der Waals surface area contributed by atoms with Crippen LogP contribution in [0.1, 0.15) is 19.8 Å². The Morgan fingerprint density at radius 3 is 2.71 bits per heavy atom. The molecule has 1 fully saturated rings. The Balaban J connectivity index is 2.16. The van der Waals surface area contributed by atoms with E-state index in [0.29, 0.717) is 5.75 Å². The van der Waals surface area contributed by atoms with Crippen molar-refractivity contribution in [1.29, 1.82) is 0 Å². The van der Waals surface area contributed by atoms with Crippen LogP contribution in [-0.2, 0) is 9.84 Å². The van der Waals surface area contributed by atoms with Crippen LogP contribution < -0.4 is 5.73 Å². The maximum absolute atomic E-state index is 11.2. The van der Waals surface area contributed by atoms with Gasteiger partial charge in [-0.25, -0.2) is 8.42 Å². The van der Waals surface area contributed by atoms with E-state index in [9.17, 15) is 8.42 Å². The molecule has 0 saturated carbocycles. The molecule has 0 aromatic rings. The molecule has 1 aliphatic heterocycles. The summed E-state index contributed by atoms with van der Waals surface area (Å²) in [5, 5.41) is 0. The van der Waals surface area contributed by atoms with Gasteiger partial charge in [-0.1, -0.05) is 6.92 Å². The molecule has 1 atom stereocenters. The number of nitrogens with two attached hydrogens (primary N) is 1. The van der Waals surface area contributed by atoms with Crippen LogP contribution in [-0.4, -0.2) is 50.5 Å². The highest BCUT2D eigenvalue weighted by molar-refractivity contribution is 7.91. The quantitative estimate of drug-likeness (QED) is 0.699. The molecular weight excluding hydrogens is 200 g/mol. The van der Waals surface area contributed by atoms with Crippen molar-refractivity contribution in [3.63, 3.8) is 0 Å². The lowest BCUT2D eigenvalue weighted by molar-refractivity contribution is 0.335. The number of likely N-dealkylation sites (tertiary alicyclic amines) is 1. The van der Waals surface area contributed by atoms with Crippen LogP contribution in [0.15, 0.2) is 0 Å². The van der Waals surface area contributed by atoms with Gasteiger partial charge in [0.2, 0.25) is 0 Å². The van der Waals surface area contributed by atoms with Crippen LogP contribution in [0.3, 0.4) is 0 Å². The maximum Gasteiger partial charge on any atom is 0.150 e. The van der Waals surface area contributed by atoms with Crippen molar-refractivity contribution in [3.8, 4) is 0 Å². The molecule has 84 valence electrons. The standard InChI is InChI=1S/C9H20N2O2S/c1-2-14(12,13)7-3-5-11-6-4-9(10)8-11/h9H,2-8,10H2,1H3. The number of sulfone groups is 1. The third-order valence-corrected chi connectivity index (χ3v) is 4.47. The monoisotopic (exact) mass is 220 g/mol. The van der Waals surface area contributed by atoms with Gasteiger partial charge in [-0.3, -0.25) is 0 Å². The molecule has 14 heavy (non-hydrogen) atoms. The summed E-state index contributed by atoms with van der Waals surface area (Å²) >= 11 is 0. The summed E-state index contributed by atoms with van der Waals surface area (Å²) in [5.74, 6) is 0.571. The van der Waals surface area contributed by atoms with Crippen molar-refractivity contribution in [3.05, 3.63) is 0 Å². The van der Waals surface area contributed by atoms with E-state index < -0.39 is 9.84 Å². The van der Waals surface area contributed by atoms with Gasteiger partial charge in [0, 0.05) is 18.3 Å². The molecule has 0 aromatic heterocycles. The second-order valence-corrected chi connectivity index (χ2v) is 6.41. The van der Waals surface area contributed by atoms with Gasteiger partial charge >= 0.3 is 0 Å². The summed E-state index contributed by atoms with van der Waals surface area (Å²) in [6.07, 6.45) is 1.78. The number of hydrogen-bond acceptors (Lipinski definition) is 4. The summed E-state index contributed by atoms with van der Waals surface area (Å²) in [7, 11) is -2.78. The van der Waals surface area contributed by atoms with Crippen LogP contribution in [0, 0.1) is 0 Å².